The van der Waals surface area contributed by atoms with Gasteiger partial charge >= 0.3 is 0 Å². The third-order valence-electron chi connectivity index (χ3n) is 6.23. The molecule has 3 aromatic rings. The molecule has 0 aliphatic carbocycles. The number of aromatic hydroxyl groups is 1. The van der Waals surface area contributed by atoms with Crippen LogP contribution in [0.3, 0.4) is 0 Å². The molecule has 2 aromatic carbocycles. The number of aromatic nitrogens is 3. The Morgan fingerprint density at radius 3 is 2.06 bits per heavy atom. The number of hydrogen-bond acceptors (Lipinski definition) is 8. The van der Waals surface area contributed by atoms with Crippen LogP contribution in [0.4, 0.5) is 17.8 Å². The first-order valence-electron chi connectivity index (χ1n) is 12.1. The van der Waals surface area contributed by atoms with Crippen molar-refractivity contribution >= 4 is 29.4 Å². The zero-order chi connectivity index (χ0) is 24.6. The smallest absolute Gasteiger partial charge is 0.232 e. The first-order valence-corrected chi connectivity index (χ1v) is 12.5. The molecule has 8 nitrogen and oxygen atoms in total. The van der Waals surface area contributed by atoms with Crippen LogP contribution in [0.25, 0.3) is 0 Å². The van der Waals surface area contributed by atoms with Crippen LogP contribution >= 0.6 is 11.6 Å². The van der Waals surface area contributed by atoms with E-state index in [-0.39, 0.29) is 5.75 Å². The third-order valence-corrected chi connectivity index (χ3v) is 6.48. The minimum atomic E-state index is 0.281. The van der Waals surface area contributed by atoms with Gasteiger partial charge in [0.15, 0.2) is 0 Å². The molecule has 9 heteroatoms. The SMILES string of the molecule is CN(CCCc1ccc(Cl)cc1)c1nc(N(C)CCc2ccc(O)cc2)nc(N2CCNCC2)n1. The van der Waals surface area contributed by atoms with Gasteiger partial charge in [-0.1, -0.05) is 35.9 Å². The van der Waals surface area contributed by atoms with Gasteiger partial charge < -0.3 is 25.1 Å². The standard InChI is InChI=1S/C26H34ClN7O/c1-32(16-3-4-20-5-9-22(27)10-6-20)24-29-25(31-26(30-24)34-18-14-28-15-19-34)33(2)17-13-21-7-11-23(35)12-8-21/h5-12,28,35H,3-4,13-19H2,1-2H3. The lowest BCUT2D eigenvalue weighted by Gasteiger charge is -2.29. The summed E-state index contributed by atoms with van der Waals surface area (Å²) in [5, 5.41) is 13.7. The number of phenolic OH excluding ortho intramolecular Hbond substituents is 1. The Balaban J connectivity index is 1.45. The van der Waals surface area contributed by atoms with E-state index in [1.165, 1.54) is 5.56 Å². The average molecular weight is 496 g/mol. The minimum Gasteiger partial charge on any atom is -0.508 e. The number of nitrogens with one attached hydrogen (secondary N) is 1. The quantitative estimate of drug-likeness (QED) is 0.443. The monoisotopic (exact) mass is 495 g/mol. The second-order valence-corrected chi connectivity index (χ2v) is 9.40. The molecule has 0 amide bonds. The zero-order valence-corrected chi connectivity index (χ0v) is 21.2. The molecule has 0 atom stereocenters. The molecule has 2 heterocycles. The van der Waals surface area contributed by atoms with E-state index in [4.69, 9.17) is 26.6 Å². The predicted molar refractivity (Wildman–Crippen MR) is 143 cm³/mol. The molecule has 1 aliphatic heterocycles. The fourth-order valence-electron chi connectivity index (χ4n) is 4.02. The highest BCUT2D eigenvalue weighted by atomic mass is 35.5. The number of anilines is 3. The lowest BCUT2D eigenvalue weighted by Crippen LogP contribution is -2.44. The van der Waals surface area contributed by atoms with Crippen LogP contribution in [0.2, 0.25) is 5.02 Å². The van der Waals surface area contributed by atoms with Crippen molar-refractivity contribution in [3.63, 3.8) is 0 Å². The molecule has 186 valence electrons. The molecule has 2 N–H and O–H groups in total. The summed E-state index contributed by atoms with van der Waals surface area (Å²) in [6.45, 7) is 5.19. The number of aryl methyl sites for hydroxylation is 1. The maximum Gasteiger partial charge on any atom is 0.232 e. The second-order valence-electron chi connectivity index (χ2n) is 8.96. The van der Waals surface area contributed by atoms with Crippen molar-refractivity contribution in [3.05, 3.63) is 64.7 Å². The Morgan fingerprint density at radius 1 is 0.829 bits per heavy atom. The second kappa shape index (κ2) is 12.0. The van der Waals surface area contributed by atoms with Gasteiger partial charge in [-0.2, -0.15) is 15.0 Å². The molecular formula is C26H34ClN7O. The first-order chi connectivity index (χ1) is 17.0. The van der Waals surface area contributed by atoms with Crippen LogP contribution in [-0.4, -0.2) is 73.4 Å². The Morgan fingerprint density at radius 2 is 1.40 bits per heavy atom. The number of hydrogen-bond donors (Lipinski definition) is 2. The van der Waals surface area contributed by atoms with Gasteiger partial charge in [-0.25, -0.2) is 0 Å². The molecule has 0 bridgehead atoms. The number of likely N-dealkylation sites (N-methyl/N-ethyl adjacent to an activating group) is 1. The van der Waals surface area contributed by atoms with Crippen molar-refractivity contribution in [3.8, 4) is 5.75 Å². The fourth-order valence-corrected chi connectivity index (χ4v) is 4.15. The summed E-state index contributed by atoms with van der Waals surface area (Å²) in [4.78, 5) is 20.9. The summed E-state index contributed by atoms with van der Waals surface area (Å²) < 4.78 is 0. The van der Waals surface area contributed by atoms with Gasteiger partial charge in [0, 0.05) is 58.4 Å². The number of benzene rings is 2. The van der Waals surface area contributed by atoms with Crippen LogP contribution in [-0.2, 0) is 12.8 Å². The van der Waals surface area contributed by atoms with E-state index in [2.05, 4.69) is 32.1 Å². The van der Waals surface area contributed by atoms with Crippen molar-refractivity contribution in [1.82, 2.24) is 20.3 Å². The normalized spacial score (nSPS) is 13.6. The number of halogens is 1. The van der Waals surface area contributed by atoms with E-state index in [9.17, 15) is 5.11 Å². The number of piperazine rings is 1. The maximum atomic E-state index is 9.53. The summed E-state index contributed by atoms with van der Waals surface area (Å²) in [6, 6.07) is 15.4. The van der Waals surface area contributed by atoms with Crippen LogP contribution in [0, 0.1) is 0 Å². The van der Waals surface area contributed by atoms with Crippen molar-refractivity contribution in [2.75, 3.05) is 68.1 Å². The highest BCUT2D eigenvalue weighted by Crippen LogP contribution is 2.20. The van der Waals surface area contributed by atoms with Gasteiger partial charge in [0.2, 0.25) is 17.8 Å². The lowest BCUT2D eigenvalue weighted by atomic mass is 10.1. The van der Waals surface area contributed by atoms with E-state index >= 15 is 0 Å². The van der Waals surface area contributed by atoms with Gasteiger partial charge in [0.1, 0.15) is 5.75 Å². The Labute approximate surface area is 212 Å². The molecule has 1 fully saturated rings. The number of nitrogens with zero attached hydrogens (tertiary/aromatic N) is 6. The Kier molecular flexibility index (Phi) is 8.60. The third kappa shape index (κ3) is 7.19. The van der Waals surface area contributed by atoms with Gasteiger partial charge in [0.25, 0.3) is 0 Å². The molecule has 0 unspecified atom stereocenters. The van der Waals surface area contributed by atoms with Gasteiger partial charge in [0.05, 0.1) is 0 Å². The number of phenols is 1. The summed E-state index contributed by atoms with van der Waals surface area (Å²) in [5.41, 5.74) is 2.43. The summed E-state index contributed by atoms with van der Waals surface area (Å²) in [6.07, 6.45) is 2.78. The molecule has 1 aromatic heterocycles. The highest BCUT2D eigenvalue weighted by molar-refractivity contribution is 6.30. The average Bonchev–Trinajstić information content (AvgIpc) is 2.89. The largest absolute Gasteiger partial charge is 0.508 e. The lowest BCUT2D eigenvalue weighted by molar-refractivity contribution is 0.475. The van der Waals surface area contributed by atoms with Gasteiger partial charge in [-0.05, 0) is 54.7 Å². The molecule has 35 heavy (non-hydrogen) atoms. The van der Waals surface area contributed by atoms with Crippen LogP contribution in [0.5, 0.6) is 5.75 Å². The Bertz CT molecular complexity index is 1070. The fraction of sp³-hybridized carbons (Fsp3) is 0.423. The predicted octanol–water partition coefficient (Wildman–Crippen LogP) is 3.39. The van der Waals surface area contributed by atoms with Crippen molar-refractivity contribution in [2.24, 2.45) is 0 Å². The van der Waals surface area contributed by atoms with Crippen LogP contribution in [0.1, 0.15) is 17.5 Å². The summed E-state index contributed by atoms with van der Waals surface area (Å²) in [7, 11) is 4.06. The van der Waals surface area contributed by atoms with E-state index in [0.717, 1.165) is 75.1 Å². The van der Waals surface area contributed by atoms with Crippen molar-refractivity contribution < 1.29 is 5.11 Å². The van der Waals surface area contributed by atoms with E-state index in [0.29, 0.717) is 11.9 Å². The van der Waals surface area contributed by atoms with Gasteiger partial charge in [-0.3, -0.25) is 0 Å². The number of rotatable bonds is 10. The molecule has 4 rings (SSSR count). The molecule has 0 spiro atoms. The van der Waals surface area contributed by atoms with E-state index < -0.39 is 0 Å². The van der Waals surface area contributed by atoms with Crippen molar-refractivity contribution in [2.45, 2.75) is 19.3 Å². The summed E-state index contributed by atoms with van der Waals surface area (Å²) in [5.74, 6) is 2.37. The zero-order valence-electron chi connectivity index (χ0n) is 20.5. The molecule has 0 radical (unpaired) electrons. The topological polar surface area (TPSA) is 80.7 Å². The maximum absolute atomic E-state index is 9.53. The minimum absolute atomic E-state index is 0.281. The first kappa shape index (κ1) is 25.0. The van der Waals surface area contributed by atoms with Crippen LogP contribution < -0.4 is 20.0 Å². The van der Waals surface area contributed by atoms with E-state index in [1.54, 1.807) is 12.1 Å². The molecule has 0 saturated carbocycles. The van der Waals surface area contributed by atoms with Crippen molar-refractivity contribution in [1.29, 1.82) is 0 Å². The molecule has 1 saturated heterocycles. The Hall–Kier alpha value is -3.10. The molecular weight excluding hydrogens is 462 g/mol. The summed E-state index contributed by atoms with van der Waals surface area (Å²) >= 11 is 6.01. The van der Waals surface area contributed by atoms with Crippen LogP contribution in [0.15, 0.2) is 48.5 Å². The molecule has 1 aliphatic rings. The van der Waals surface area contributed by atoms with Gasteiger partial charge in [-0.15, -0.1) is 0 Å². The van der Waals surface area contributed by atoms with E-state index in [1.807, 2.05) is 38.4 Å². The highest BCUT2D eigenvalue weighted by Gasteiger charge is 2.19.